The van der Waals surface area contributed by atoms with Crippen molar-refractivity contribution >= 4 is 49.5 Å². The van der Waals surface area contributed by atoms with Gasteiger partial charge in [0.25, 0.3) is 0 Å². The summed E-state index contributed by atoms with van der Waals surface area (Å²) >= 11 is 4.78. The van der Waals surface area contributed by atoms with Crippen molar-refractivity contribution in [2.75, 3.05) is 0 Å². The summed E-state index contributed by atoms with van der Waals surface area (Å²) in [6.07, 6.45) is -0.653. The number of carboxylic acids is 1. The molecule has 0 aliphatic rings. The van der Waals surface area contributed by atoms with E-state index >= 15 is 0 Å². The number of aromatic nitrogens is 1. The number of carbonyl (C=O) groups excluding carboxylic acids is 1. The average Bonchev–Trinajstić information content (AvgIpc) is 2.76. The molecule has 0 aliphatic heterocycles. The molecule has 8 heteroatoms. The Bertz CT molecular complexity index is 739. The molecule has 0 saturated heterocycles. The van der Waals surface area contributed by atoms with Gasteiger partial charge in [-0.2, -0.15) is 0 Å². The number of aliphatic carboxylic acids is 1. The minimum atomic E-state index is -1.13. The Hall–Kier alpha value is -1.67. The number of benzene rings is 1. The van der Waals surface area contributed by atoms with Gasteiger partial charge >= 0.3 is 12.1 Å². The second-order valence-corrected chi connectivity index (χ2v) is 7.99. The highest BCUT2D eigenvalue weighted by Gasteiger charge is 2.25. The number of halogens is 1. The Balaban J connectivity index is 2.11. The van der Waals surface area contributed by atoms with Crippen LogP contribution in [0, 0.1) is 0 Å². The highest BCUT2D eigenvalue weighted by atomic mass is 79.9. The van der Waals surface area contributed by atoms with Crippen LogP contribution in [0.1, 0.15) is 25.8 Å². The van der Waals surface area contributed by atoms with Gasteiger partial charge in [0.2, 0.25) is 0 Å². The van der Waals surface area contributed by atoms with Crippen LogP contribution in [0.3, 0.4) is 0 Å². The van der Waals surface area contributed by atoms with Crippen molar-refractivity contribution < 1.29 is 19.4 Å². The van der Waals surface area contributed by atoms with E-state index in [0.717, 1.165) is 14.7 Å². The third kappa shape index (κ3) is 5.18. The van der Waals surface area contributed by atoms with Gasteiger partial charge in [-0.05, 0) is 39.0 Å². The van der Waals surface area contributed by atoms with Crippen molar-refractivity contribution in [3.63, 3.8) is 0 Å². The number of ether oxygens (including phenoxy) is 1. The topological polar surface area (TPSA) is 88.5 Å². The van der Waals surface area contributed by atoms with Crippen LogP contribution < -0.4 is 5.32 Å². The molecule has 0 radical (unpaired) electrons. The molecule has 0 aliphatic carbocycles. The summed E-state index contributed by atoms with van der Waals surface area (Å²) in [5.74, 6) is -1.13. The van der Waals surface area contributed by atoms with Gasteiger partial charge in [-0.1, -0.05) is 15.9 Å². The third-order valence-corrected chi connectivity index (χ3v) is 4.31. The lowest BCUT2D eigenvalue weighted by Crippen LogP contribution is -2.44. The molecule has 0 spiro atoms. The van der Waals surface area contributed by atoms with Gasteiger partial charge < -0.3 is 15.2 Å². The molecule has 1 amide bonds. The van der Waals surface area contributed by atoms with E-state index in [2.05, 4.69) is 26.2 Å². The summed E-state index contributed by atoms with van der Waals surface area (Å²) in [7, 11) is 0. The molecular formula is C15H17BrN2O4S. The Morgan fingerprint density at radius 3 is 2.74 bits per heavy atom. The monoisotopic (exact) mass is 400 g/mol. The van der Waals surface area contributed by atoms with E-state index in [1.165, 1.54) is 11.3 Å². The molecule has 1 aromatic heterocycles. The zero-order valence-corrected chi connectivity index (χ0v) is 15.3. The fraction of sp³-hybridized carbons (Fsp3) is 0.400. The predicted molar refractivity (Wildman–Crippen MR) is 91.8 cm³/mol. The second kappa shape index (κ2) is 6.84. The number of carbonyl (C=O) groups is 2. The molecule has 124 valence electrons. The van der Waals surface area contributed by atoms with Crippen molar-refractivity contribution in [3.8, 4) is 0 Å². The van der Waals surface area contributed by atoms with Gasteiger partial charge in [-0.25, -0.2) is 14.6 Å². The summed E-state index contributed by atoms with van der Waals surface area (Å²) < 4.78 is 6.96. The van der Waals surface area contributed by atoms with Crippen molar-refractivity contribution in [1.82, 2.24) is 10.3 Å². The van der Waals surface area contributed by atoms with Crippen LogP contribution in [-0.2, 0) is 16.0 Å². The number of rotatable bonds is 4. The van der Waals surface area contributed by atoms with E-state index in [1.54, 1.807) is 20.8 Å². The standard InChI is InChI=1S/C15H17BrN2O4S/c1-15(2,3)22-14(21)18-10(13(19)20)7-12-17-9-6-8(16)4-5-11(9)23-12/h4-6,10H,7H2,1-3H3,(H,18,21)(H,19,20)/t10-/m0/s1. The maximum absolute atomic E-state index is 11.8. The number of amides is 1. The molecule has 2 aromatic rings. The fourth-order valence-electron chi connectivity index (χ4n) is 1.86. The van der Waals surface area contributed by atoms with E-state index in [0.29, 0.717) is 5.01 Å². The van der Waals surface area contributed by atoms with Crippen LogP contribution in [-0.4, -0.2) is 33.8 Å². The molecule has 2 N–H and O–H groups in total. The van der Waals surface area contributed by atoms with Crippen LogP contribution in [0.5, 0.6) is 0 Å². The van der Waals surface area contributed by atoms with Crippen molar-refractivity contribution in [2.24, 2.45) is 0 Å². The fourth-order valence-corrected chi connectivity index (χ4v) is 3.20. The summed E-state index contributed by atoms with van der Waals surface area (Å²) in [6, 6.07) is 4.59. The first-order valence-corrected chi connectivity index (χ1v) is 8.52. The molecule has 1 atom stereocenters. The van der Waals surface area contributed by atoms with Crippen molar-refractivity contribution in [1.29, 1.82) is 0 Å². The zero-order valence-electron chi connectivity index (χ0n) is 12.9. The zero-order chi connectivity index (χ0) is 17.2. The van der Waals surface area contributed by atoms with E-state index in [-0.39, 0.29) is 6.42 Å². The SMILES string of the molecule is CC(C)(C)OC(=O)N[C@@H](Cc1nc2cc(Br)ccc2s1)C(=O)O. The molecule has 1 heterocycles. The predicted octanol–water partition coefficient (Wildman–Crippen LogP) is 3.58. The maximum atomic E-state index is 11.8. The van der Waals surface area contributed by atoms with Gasteiger partial charge in [0.1, 0.15) is 11.6 Å². The second-order valence-electron chi connectivity index (χ2n) is 5.96. The van der Waals surface area contributed by atoms with E-state index in [1.807, 2.05) is 18.2 Å². The number of hydrogen-bond acceptors (Lipinski definition) is 5. The molecule has 23 heavy (non-hydrogen) atoms. The lowest BCUT2D eigenvalue weighted by atomic mass is 10.2. The van der Waals surface area contributed by atoms with Gasteiger partial charge in [0, 0.05) is 10.9 Å². The Labute approximate surface area is 146 Å². The van der Waals surface area contributed by atoms with Crippen molar-refractivity contribution in [3.05, 3.63) is 27.7 Å². The number of nitrogens with one attached hydrogen (secondary N) is 1. The van der Waals surface area contributed by atoms with Crippen LogP contribution >= 0.6 is 27.3 Å². The van der Waals surface area contributed by atoms with Gasteiger partial charge in [0.15, 0.2) is 0 Å². The quantitative estimate of drug-likeness (QED) is 0.818. The number of hydrogen-bond donors (Lipinski definition) is 2. The third-order valence-electron chi connectivity index (χ3n) is 2.76. The largest absolute Gasteiger partial charge is 0.480 e. The molecule has 0 unspecified atom stereocenters. The molecule has 0 fully saturated rings. The number of fused-ring (bicyclic) bond motifs is 1. The van der Waals surface area contributed by atoms with E-state index < -0.39 is 23.7 Å². The lowest BCUT2D eigenvalue weighted by Gasteiger charge is -2.21. The van der Waals surface area contributed by atoms with E-state index in [4.69, 9.17) is 4.74 Å². The summed E-state index contributed by atoms with van der Waals surface area (Å²) in [5.41, 5.74) is 0.107. The highest BCUT2D eigenvalue weighted by Crippen LogP contribution is 2.26. The number of alkyl carbamates (subject to hydrolysis) is 1. The summed E-state index contributed by atoms with van der Waals surface area (Å²) in [5, 5.41) is 12.3. The number of carboxylic acid groups (broad SMARTS) is 1. The Kier molecular flexibility index (Phi) is 5.26. The lowest BCUT2D eigenvalue weighted by molar-refractivity contribution is -0.139. The van der Waals surface area contributed by atoms with Crippen LogP contribution in [0.15, 0.2) is 22.7 Å². The summed E-state index contributed by atoms with van der Waals surface area (Å²) in [6.45, 7) is 5.15. The Morgan fingerprint density at radius 2 is 2.13 bits per heavy atom. The molecule has 1 aromatic carbocycles. The van der Waals surface area contributed by atoms with Gasteiger partial charge in [0.05, 0.1) is 15.2 Å². The van der Waals surface area contributed by atoms with E-state index in [9.17, 15) is 14.7 Å². The smallest absolute Gasteiger partial charge is 0.408 e. The van der Waals surface area contributed by atoms with Crippen molar-refractivity contribution in [2.45, 2.75) is 38.8 Å². The Morgan fingerprint density at radius 1 is 1.43 bits per heavy atom. The number of thiazole rings is 1. The molecule has 0 saturated carbocycles. The average molecular weight is 401 g/mol. The van der Waals surface area contributed by atoms with Crippen LogP contribution in [0.2, 0.25) is 0 Å². The first-order chi connectivity index (χ1) is 10.6. The van der Waals surface area contributed by atoms with Gasteiger partial charge in [-0.3, -0.25) is 0 Å². The van der Waals surface area contributed by atoms with Crippen LogP contribution in [0.25, 0.3) is 10.2 Å². The first-order valence-electron chi connectivity index (χ1n) is 6.91. The first kappa shape index (κ1) is 17.7. The normalized spacial score (nSPS) is 12.9. The minimum absolute atomic E-state index is 0.103. The molecular weight excluding hydrogens is 384 g/mol. The minimum Gasteiger partial charge on any atom is -0.480 e. The molecule has 6 nitrogen and oxygen atoms in total. The maximum Gasteiger partial charge on any atom is 0.408 e. The molecule has 0 bridgehead atoms. The van der Waals surface area contributed by atoms with Crippen LogP contribution in [0.4, 0.5) is 4.79 Å². The highest BCUT2D eigenvalue weighted by molar-refractivity contribution is 9.10. The number of nitrogens with zero attached hydrogens (tertiary/aromatic N) is 1. The molecule has 2 rings (SSSR count). The summed E-state index contributed by atoms with van der Waals surface area (Å²) in [4.78, 5) is 27.5. The van der Waals surface area contributed by atoms with Gasteiger partial charge in [-0.15, -0.1) is 11.3 Å².